The third-order valence-corrected chi connectivity index (χ3v) is 7.07. The van der Waals surface area contributed by atoms with Crippen molar-refractivity contribution in [2.75, 3.05) is 19.5 Å². The number of methoxy groups -OCH3 is 1. The van der Waals surface area contributed by atoms with Gasteiger partial charge in [0.05, 0.1) is 5.60 Å². The number of Topliss-reactive ketones (excluding diaryl/α,β-unsaturated/α-hetero) is 1. The molecule has 8 heteroatoms. The van der Waals surface area contributed by atoms with Gasteiger partial charge in [0.25, 0.3) is 0 Å². The Morgan fingerprint density at radius 3 is 3.00 bits per heavy atom. The number of aromatic nitrogens is 1. The van der Waals surface area contributed by atoms with Gasteiger partial charge in [-0.15, -0.1) is 11.3 Å². The largest absolute Gasteiger partial charge is 0.476 e. The number of aliphatic hydroxyl groups is 1. The first-order chi connectivity index (χ1) is 13.3. The van der Waals surface area contributed by atoms with E-state index in [1.165, 1.54) is 28.5 Å². The molecule has 1 saturated carbocycles. The molecule has 1 heterocycles. The molecule has 1 aliphatic carbocycles. The number of hydrogen-bond donors (Lipinski definition) is 2. The number of carbonyl (C=O) groups excluding carboxylic acids is 1. The number of ketones is 1. The van der Waals surface area contributed by atoms with Crippen molar-refractivity contribution in [1.82, 2.24) is 4.98 Å². The van der Waals surface area contributed by atoms with Gasteiger partial charge in [0.15, 0.2) is 10.0 Å². The molecule has 2 N–H and O–H groups in total. The Morgan fingerprint density at radius 1 is 1.54 bits per heavy atom. The number of carboxylic acid groups (broad SMARTS) is 1. The number of carbonyl (C=O) groups is 2. The van der Waals surface area contributed by atoms with Crippen molar-refractivity contribution in [3.05, 3.63) is 23.2 Å². The molecule has 1 aromatic heterocycles. The summed E-state index contributed by atoms with van der Waals surface area (Å²) in [6.45, 7) is 2.48. The fourth-order valence-electron chi connectivity index (χ4n) is 3.43. The van der Waals surface area contributed by atoms with Gasteiger partial charge >= 0.3 is 5.97 Å². The fourth-order valence-corrected chi connectivity index (χ4v) is 5.32. The number of ether oxygens (including phenoxy) is 1. The van der Waals surface area contributed by atoms with Crippen molar-refractivity contribution in [3.8, 4) is 0 Å². The molecule has 0 spiro atoms. The van der Waals surface area contributed by atoms with Crippen LogP contribution >= 0.6 is 23.1 Å². The minimum atomic E-state index is -1.02. The van der Waals surface area contributed by atoms with Gasteiger partial charge in [-0.1, -0.05) is 23.9 Å². The van der Waals surface area contributed by atoms with Gasteiger partial charge in [0.1, 0.15) is 5.78 Å². The summed E-state index contributed by atoms with van der Waals surface area (Å²) in [4.78, 5) is 27.2. The molecule has 1 aliphatic rings. The quantitative estimate of drug-likeness (QED) is 0.295. The molecule has 6 nitrogen and oxygen atoms in total. The summed E-state index contributed by atoms with van der Waals surface area (Å²) in [7, 11) is 1.66. The van der Waals surface area contributed by atoms with Gasteiger partial charge in [-0.25, -0.2) is 9.78 Å². The predicted molar refractivity (Wildman–Crippen MR) is 111 cm³/mol. The number of thioether (sulfide) groups is 1. The van der Waals surface area contributed by atoms with Crippen LogP contribution in [-0.4, -0.2) is 52.0 Å². The Labute approximate surface area is 174 Å². The third kappa shape index (κ3) is 7.31. The molecular weight excluding hydrogens is 398 g/mol. The lowest BCUT2D eigenvalue weighted by Gasteiger charge is -2.22. The number of allylic oxidation sites excluding steroid dienone is 1. The summed E-state index contributed by atoms with van der Waals surface area (Å²) >= 11 is 2.83. The molecular formula is C20H29NO5S2. The minimum Gasteiger partial charge on any atom is -0.476 e. The molecule has 1 aromatic rings. The van der Waals surface area contributed by atoms with E-state index in [9.17, 15) is 14.7 Å². The third-order valence-electron chi connectivity index (χ3n) is 5.02. The fraction of sp³-hybridized carbons (Fsp3) is 0.650. The predicted octanol–water partition coefficient (Wildman–Crippen LogP) is 4.04. The Hall–Kier alpha value is -1.22. The molecule has 0 aromatic carbocycles. The molecule has 3 atom stereocenters. The highest BCUT2D eigenvalue weighted by Crippen LogP contribution is 2.35. The molecule has 0 bridgehead atoms. The molecule has 1 fully saturated rings. The van der Waals surface area contributed by atoms with Crippen molar-refractivity contribution in [2.45, 2.75) is 55.4 Å². The monoisotopic (exact) mass is 427 g/mol. The Kier molecular flexibility index (Phi) is 9.14. The molecule has 0 saturated heterocycles. The highest BCUT2D eigenvalue weighted by Gasteiger charge is 2.32. The van der Waals surface area contributed by atoms with Gasteiger partial charge in [0.2, 0.25) is 0 Å². The van der Waals surface area contributed by atoms with Crippen LogP contribution in [0.2, 0.25) is 0 Å². The summed E-state index contributed by atoms with van der Waals surface area (Å²) < 4.78 is 5.75. The first-order valence-electron chi connectivity index (χ1n) is 9.54. The van der Waals surface area contributed by atoms with E-state index in [0.29, 0.717) is 31.7 Å². The van der Waals surface area contributed by atoms with E-state index >= 15 is 0 Å². The second-order valence-electron chi connectivity index (χ2n) is 7.44. The molecule has 28 heavy (non-hydrogen) atoms. The van der Waals surface area contributed by atoms with Crippen LogP contribution < -0.4 is 0 Å². The molecule has 156 valence electrons. The second kappa shape index (κ2) is 11.1. The zero-order valence-electron chi connectivity index (χ0n) is 16.4. The van der Waals surface area contributed by atoms with Crippen LogP contribution in [0.4, 0.5) is 0 Å². The summed E-state index contributed by atoms with van der Waals surface area (Å²) in [5.74, 6) is 0.238. The lowest BCUT2D eigenvalue weighted by Crippen LogP contribution is -2.23. The highest BCUT2D eigenvalue weighted by molar-refractivity contribution is 8.01. The highest BCUT2D eigenvalue weighted by atomic mass is 32.2. The summed E-state index contributed by atoms with van der Waals surface area (Å²) in [5.41, 5.74) is -0.682. The van der Waals surface area contributed by atoms with E-state index in [1.54, 1.807) is 7.11 Å². The summed E-state index contributed by atoms with van der Waals surface area (Å²) in [5, 5.41) is 20.9. The number of thiazole rings is 1. The maximum absolute atomic E-state index is 12.3. The van der Waals surface area contributed by atoms with Crippen molar-refractivity contribution in [2.24, 2.45) is 11.8 Å². The lowest BCUT2D eigenvalue weighted by atomic mass is 9.90. The first kappa shape index (κ1) is 23.1. The average Bonchev–Trinajstić information content (AvgIpc) is 3.23. The Bertz CT molecular complexity index is 686. The van der Waals surface area contributed by atoms with Crippen LogP contribution in [0.25, 0.3) is 0 Å². The van der Waals surface area contributed by atoms with E-state index in [0.717, 1.165) is 29.4 Å². The SMILES string of the molecule is COCCCC(C)(O)C/C=C/[C@@H]1CCC(=O)[C@@H]1CCSc1nc(C(=O)O)cs1. The summed E-state index contributed by atoms with van der Waals surface area (Å²) in [6, 6.07) is 0. The van der Waals surface area contributed by atoms with Gasteiger partial charge in [-0.2, -0.15) is 0 Å². The van der Waals surface area contributed by atoms with E-state index in [-0.39, 0.29) is 17.5 Å². The molecule has 2 rings (SSSR count). The van der Waals surface area contributed by atoms with Crippen molar-refractivity contribution in [1.29, 1.82) is 0 Å². The van der Waals surface area contributed by atoms with Crippen LogP contribution in [0.3, 0.4) is 0 Å². The standard InChI is InChI=1S/C20H29NO5S2/c1-20(25,10-4-11-26-2)9-3-5-14-6-7-17(22)15(14)8-12-27-19-21-16(13-28-19)18(23)24/h3,5,13-15,25H,4,6-12H2,1-2H3,(H,23,24)/b5-3+/t14-,15-,20?/m1/s1. The zero-order chi connectivity index (χ0) is 20.6. The van der Waals surface area contributed by atoms with Crippen LogP contribution in [0.5, 0.6) is 0 Å². The van der Waals surface area contributed by atoms with Crippen molar-refractivity contribution < 1.29 is 24.5 Å². The molecule has 0 aliphatic heterocycles. The van der Waals surface area contributed by atoms with Crippen LogP contribution in [0.1, 0.15) is 55.9 Å². The number of nitrogens with zero attached hydrogens (tertiary/aromatic N) is 1. The number of carboxylic acids is 1. The minimum absolute atomic E-state index is 0.00102. The van der Waals surface area contributed by atoms with Gasteiger partial charge in [-0.05, 0) is 44.9 Å². The van der Waals surface area contributed by atoms with E-state index in [2.05, 4.69) is 11.1 Å². The number of aromatic carboxylic acids is 1. The molecule has 0 amide bonds. The Morgan fingerprint density at radius 2 is 2.32 bits per heavy atom. The van der Waals surface area contributed by atoms with E-state index in [4.69, 9.17) is 9.84 Å². The first-order valence-corrected chi connectivity index (χ1v) is 11.4. The van der Waals surface area contributed by atoms with Gasteiger partial charge in [0, 0.05) is 37.2 Å². The maximum atomic E-state index is 12.3. The lowest BCUT2D eigenvalue weighted by molar-refractivity contribution is -0.121. The van der Waals surface area contributed by atoms with E-state index in [1.807, 2.05) is 13.0 Å². The van der Waals surface area contributed by atoms with Crippen LogP contribution in [-0.2, 0) is 9.53 Å². The van der Waals surface area contributed by atoms with Crippen LogP contribution in [0.15, 0.2) is 21.9 Å². The molecule has 1 unspecified atom stereocenters. The normalized spacial score (nSPS) is 22.0. The number of rotatable bonds is 12. The Balaban J connectivity index is 1.80. The van der Waals surface area contributed by atoms with Crippen molar-refractivity contribution >= 4 is 34.9 Å². The van der Waals surface area contributed by atoms with Crippen LogP contribution in [0, 0.1) is 11.8 Å². The zero-order valence-corrected chi connectivity index (χ0v) is 18.1. The molecule has 0 radical (unpaired) electrons. The van der Waals surface area contributed by atoms with Gasteiger partial charge < -0.3 is 14.9 Å². The van der Waals surface area contributed by atoms with Crippen molar-refractivity contribution in [3.63, 3.8) is 0 Å². The smallest absolute Gasteiger partial charge is 0.355 e. The summed E-state index contributed by atoms with van der Waals surface area (Å²) in [6.07, 6.45) is 8.39. The topological polar surface area (TPSA) is 96.7 Å². The van der Waals surface area contributed by atoms with E-state index < -0.39 is 11.6 Å². The maximum Gasteiger partial charge on any atom is 0.355 e. The van der Waals surface area contributed by atoms with Gasteiger partial charge in [-0.3, -0.25) is 4.79 Å². The second-order valence-corrected chi connectivity index (χ2v) is 9.64. The number of hydrogen-bond acceptors (Lipinski definition) is 7. The average molecular weight is 428 g/mol.